The molecular weight excluding hydrogens is 344 g/mol. The Morgan fingerprint density at radius 3 is 2.60 bits per heavy atom. The Kier molecular flexibility index (Phi) is 4.83. The topological polar surface area (TPSA) is 104 Å². The fraction of sp³-hybridized carbons (Fsp3) is 0.529. The fourth-order valence-electron chi connectivity index (χ4n) is 3.02. The average molecular weight is 366 g/mol. The van der Waals surface area contributed by atoms with Crippen LogP contribution in [0.1, 0.15) is 41.6 Å². The van der Waals surface area contributed by atoms with Crippen molar-refractivity contribution in [1.29, 1.82) is 0 Å². The molecule has 1 aromatic rings. The standard InChI is InChI=1S/C17H22N2O5S/c1-11-4-7-14(25(23,24)18-13-5-6-13)9-15(11)16(20)19-8-2-3-12(10-19)17(21)22/h4,7,9,12-13,18H,2-3,5-6,8,10H2,1H3,(H,21,22)/t12-/m0/s1. The smallest absolute Gasteiger partial charge is 0.308 e. The third-order valence-electron chi connectivity index (χ3n) is 4.71. The van der Waals surface area contributed by atoms with Crippen LogP contribution in [-0.2, 0) is 14.8 Å². The van der Waals surface area contributed by atoms with E-state index in [1.807, 2.05) is 0 Å². The average Bonchev–Trinajstić information content (AvgIpc) is 3.37. The van der Waals surface area contributed by atoms with Gasteiger partial charge in [0, 0.05) is 24.7 Å². The summed E-state index contributed by atoms with van der Waals surface area (Å²) in [6, 6.07) is 4.50. The minimum absolute atomic E-state index is 0.0103. The van der Waals surface area contributed by atoms with E-state index in [0.717, 1.165) is 12.8 Å². The van der Waals surface area contributed by atoms with Gasteiger partial charge in [-0.2, -0.15) is 0 Å². The number of aliphatic carboxylic acids is 1. The van der Waals surface area contributed by atoms with Crippen molar-refractivity contribution >= 4 is 21.9 Å². The van der Waals surface area contributed by atoms with Crippen molar-refractivity contribution in [3.8, 4) is 0 Å². The van der Waals surface area contributed by atoms with Gasteiger partial charge in [0.25, 0.3) is 5.91 Å². The van der Waals surface area contributed by atoms with Crippen LogP contribution in [0.2, 0.25) is 0 Å². The van der Waals surface area contributed by atoms with Gasteiger partial charge < -0.3 is 10.0 Å². The van der Waals surface area contributed by atoms with Crippen molar-refractivity contribution < 1.29 is 23.1 Å². The van der Waals surface area contributed by atoms with E-state index in [2.05, 4.69) is 4.72 Å². The van der Waals surface area contributed by atoms with E-state index in [1.54, 1.807) is 13.0 Å². The SMILES string of the molecule is Cc1ccc(S(=O)(=O)NC2CC2)cc1C(=O)N1CCC[C@H](C(=O)O)C1. The highest BCUT2D eigenvalue weighted by atomic mass is 32.2. The summed E-state index contributed by atoms with van der Waals surface area (Å²) < 4.78 is 27.3. The lowest BCUT2D eigenvalue weighted by Crippen LogP contribution is -2.42. The molecule has 1 atom stereocenters. The summed E-state index contributed by atoms with van der Waals surface area (Å²) in [5, 5.41) is 9.18. The number of hydrogen-bond donors (Lipinski definition) is 2. The van der Waals surface area contributed by atoms with Gasteiger partial charge in [-0.3, -0.25) is 9.59 Å². The van der Waals surface area contributed by atoms with Crippen LogP contribution in [0, 0.1) is 12.8 Å². The zero-order valence-electron chi connectivity index (χ0n) is 14.1. The lowest BCUT2D eigenvalue weighted by Gasteiger charge is -2.31. The minimum Gasteiger partial charge on any atom is -0.481 e. The van der Waals surface area contributed by atoms with Crippen LogP contribution in [0.4, 0.5) is 0 Å². The van der Waals surface area contributed by atoms with Crippen LogP contribution in [0.15, 0.2) is 23.1 Å². The molecule has 2 aliphatic rings. The van der Waals surface area contributed by atoms with Crippen LogP contribution in [0.3, 0.4) is 0 Å². The van der Waals surface area contributed by atoms with Crippen LogP contribution in [-0.4, -0.2) is 49.4 Å². The van der Waals surface area contributed by atoms with Crippen molar-refractivity contribution in [2.24, 2.45) is 5.92 Å². The number of nitrogens with one attached hydrogen (secondary N) is 1. The Morgan fingerprint density at radius 2 is 1.96 bits per heavy atom. The predicted molar refractivity (Wildman–Crippen MR) is 90.8 cm³/mol. The third kappa shape index (κ3) is 4.01. The Hall–Kier alpha value is -1.93. The quantitative estimate of drug-likeness (QED) is 0.819. The molecule has 0 bridgehead atoms. The van der Waals surface area contributed by atoms with Gasteiger partial charge in [-0.1, -0.05) is 6.07 Å². The number of rotatable bonds is 5. The van der Waals surface area contributed by atoms with E-state index < -0.39 is 21.9 Å². The van der Waals surface area contributed by atoms with Gasteiger partial charge in [0.1, 0.15) is 0 Å². The molecule has 1 saturated carbocycles. The molecule has 0 aromatic heterocycles. The number of nitrogens with zero attached hydrogens (tertiary/aromatic N) is 1. The molecule has 136 valence electrons. The number of aryl methyl sites for hydroxylation is 1. The highest BCUT2D eigenvalue weighted by Gasteiger charge is 2.31. The Balaban J connectivity index is 1.84. The molecule has 0 spiro atoms. The first kappa shape index (κ1) is 17.9. The summed E-state index contributed by atoms with van der Waals surface area (Å²) in [6.07, 6.45) is 2.85. The van der Waals surface area contributed by atoms with Crippen molar-refractivity contribution in [3.05, 3.63) is 29.3 Å². The minimum atomic E-state index is -3.64. The van der Waals surface area contributed by atoms with Crippen LogP contribution >= 0.6 is 0 Å². The molecule has 2 fully saturated rings. The molecule has 1 amide bonds. The molecule has 0 radical (unpaired) electrons. The van der Waals surface area contributed by atoms with Gasteiger partial charge in [0.2, 0.25) is 10.0 Å². The van der Waals surface area contributed by atoms with Gasteiger partial charge >= 0.3 is 5.97 Å². The Morgan fingerprint density at radius 1 is 1.24 bits per heavy atom. The maximum absolute atomic E-state index is 12.8. The highest BCUT2D eigenvalue weighted by Crippen LogP contribution is 2.25. The van der Waals surface area contributed by atoms with Crippen molar-refractivity contribution in [3.63, 3.8) is 0 Å². The maximum atomic E-state index is 12.8. The molecule has 1 heterocycles. The molecule has 2 N–H and O–H groups in total. The number of sulfonamides is 1. The van der Waals surface area contributed by atoms with E-state index in [0.29, 0.717) is 30.5 Å². The third-order valence-corrected chi connectivity index (χ3v) is 6.22. The Labute approximate surface area is 147 Å². The molecule has 7 nitrogen and oxygen atoms in total. The summed E-state index contributed by atoms with van der Waals surface area (Å²) >= 11 is 0. The number of amides is 1. The van der Waals surface area contributed by atoms with Gasteiger partial charge in [-0.15, -0.1) is 0 Å². The highest BCUT2D eigenvalue weighted by molar-refractivity contribution is 7.89. The number of carboxylic acid groups (broad SMARTS) is 1. The van der Waals surface area contributed by atoms with Gasteiger partial charge in [-0.05, 0) is 50.3 Å². The molecule has 1 aliphatic carbocycles. The summed E-state index contributed by atoms with van der Waals surface area (Å²) in [7, 11) is -3.64. The van der Waals surface area contributed by atoms with Crippen LogP contribution in [0.25, 0.3) is 0 Å². The second kappa shape index (κ2) is 6.76. The second-order valence-corrected chi connectivity index (χ2v) is 8.51. The Bertz CT molecular complexity index is 801. The molecule has 1 aromatic carbocycles. The zero-order valence-corrected chi connectivity index (χ0v) is 14.9. The lowest BCUT2D eigenvalue weighted by atomic mass is 9.97. The van der Waals surface area contributed by atoms with Crippen molar-refractivity contribution in [2.75, 3.05) is 13.1 Å². The van der Waals surface area contributed by atoms with Gasteiger partial charge in [0.05, 0.1) is 10.8 Å². The zero-order chi connectivity index (χ0) is 18.2. The summed E-state index contributed by atoms with van der Waals surface area (Å²) in [4.78, 5) is 25.6. The molecule has 8 heteroatoms. The van der Waals surface area contributed by atoms with Crippen LogP contribution in [0.5, 0.6) is 0 Å². The van der Waals surface area contributed by atoms with Crippen LogP contribution < -0.4 is 4.72 Å². The predicted octanol–water partition coefficient (Wildman–Crippen LogP) is 1.37. The first-order valence-corrected chi connectivity index (χ1v) is 9.91. The number of piperidine rings is 1. The van der Waals surface area contributed by atoms with E-state index in [-0.39, 0.29) is 23.4 Å². The molecule has 1 saturated heterocycles. The first-order valence-electron chi connectivity index (χ1n) is 8.43. The maximum Gasteiger partial charge on any atom is 0.308 e. The fourth-order valence-corrected chi connectivity index (χ4v) is 4.35. The number of carboxylic acids is 1. The number of benzene rings is 1. The van der Waals surface area contributed by atoms with Gasteiger partial charge in [-0.25, -0.2) is 13.1 Å². The largest absolute Gasteiger partial charge is 0.481 e. The summed E-state index contributed by atoms with van der Waals surface area (Å²) in [5.74, 6) is -1.78. The van der Waals surface area contributed by atoms with E-state index >= 15 is 0 Å². The van der Waals surface area contributed by atoms with Crippen molar-refractivity contribution in [1.82, 2.24) is 9.62 Å². The number of carbonyl (C=O) groups excluding carboxylic acids is 1. The van der Waals surface area contributed by atoms with E-state index in [4.69, 9.17) is 0 Å². The number of likely N-dealkylation sites (tertiary alicyclic amines) is 1. The van der Waals surface area contributed by atoms with E-state index in [1.165, 1.54) is 17.0 Å². The summed E-state index contributed by atoms with van der Waals surface area (Å²) in [6.45, 7) is 2.39. The van der Waals surface area contributed by atoms with E-state index in [9.17, 15) is 23.1 Å². The molecular formula is C17H22N2O5S. The molecule has 1 aliphatic heterocycles. The van der Waals surface area contributed by atoms with Gasteiger partial charge in [0.15, 0.2) is 0 Å². The molecule has 25 heavy (non-hydrogen) atoms. The first-order chi connectivity index (χ1) is 11.8. The number of hydrogen-bond acceptors (Lipinski definition) is 4. The normalized spacial score (nSPS) is 21.2. The second-order valence-electron chi connectivity index (χ2n) is 6.80. The molecule has 3 rings (SSSR count). The van der Waals surface area contributed by atoms with Crippen molar-refractivity contribution in [2.45, 2.75) is 43.5 Å². The monoisotopic (exact) mass is 366 g/mol. The number of carbonyl (C=O) groups is 2. The summed E-state index contributed by atoms with van der Waals surface area (Å²) in [5.41, 5.74) is 0.984. The lowest BCUT2D eigenvalue weighted by molar-refractivity contribution is -0.143. The molecule has 0 unspecified atom stereocenters.